The van der Waals surface area contributed by atoms with E-state index in [1.54, 1.807) is 6.07 Å². The van der Waals surface area contributed by atoms with E-state index in [2.05, 4.69) is 27.3 Å². The summed E-state index contributed by atoms with van der Waals surface area (Å²) in [5, 5.41) is 22.6. The maximum absolute atomic E-state index is 10.4. The molecule has 0 atom stereocenters. The van der Waals surface area contributed by atoms with E-state index >= 15 is 0 Å². The zero-order valence-electron chi connectivity index (χ0n) is 9.95. The predicted octanol–water partition coefficient (Wildman–Crippen LogP) is 2.99. The van der Waals surface area contributed by atoms with E-state index in [9.17, 15) is 5.11 Å². The number of nitrogens with zero attached hydrogens (tertiary/aromatic N) is 1. The second-order valence-corrected chi connectivity index (χ2v) is 6.63. The molecule has 1 saturated heterocycles. The van der Waals surface area contributed by atoms with Crippen molar-refractivity contribution >= 4 is 33.4 Å². The third kappa shape index (κ3) is 3.41. The number of nitrogens with one attached hydrogen (secondary N) is 1. The Kier molecular flexibility index (Phi) is 4.55. The van der Waals surface area contributed by atoms with Crippen LogP contribution in [-0.4, -0.2) is 28.8 Å². The summed E-state index contributed by atoms with van der Waals surface area (Å²) in [4.78, 5) is 0. The van der Waals surface area contributed by atoms with Crippen LogP contribution in [0.1, 0.15) is 18.4 Å². The smallest absolute Gasteiger partial charge is 0.101 e. The van der Waals surface area contributed by atoms with Crippen LogP contribution in [0.2, 0.25) is 0 Å². The minimum absolute atomic E-state index is 0.504. The molecule has 1 heterocycles. The van der Waals surface area contributed by atoms with E-state index < -0.39 is 5.60 Å². The summed E-state index contributed by atoms with van der Waals surface area (Å²) in [7, 11) is 0. The Balaban J connectivity index is 2.04. The average molecular weight is 327 g/mol. The van der Waals surface area contributed by atoms with Crippen LogP contribution in [0, 0.1) is 11.3 Å². The second-order valence-electron chi connectivity index (χ2n) is 4.49. The molecule has 0 aliphatic carbocycles. The Morgan fingerprint density at radius 2 is 2.17 bits per heavy atom. The summed E-state index contributed by atoms with van der Waals surface area (Å²) in [5.74, 6) is 2.01. The number of rotatable bonds is 3. The lowest BCUT2D eigenvalue weighted by Crippen LogP contribution is -2.40. The van der Waals surface area contributed by atoms with Gasteiger partial charge in [0.2, 0.25) is 0 Å². The van der Waals surface area contributed by atoms with Gasteiger partial charge in [-0.25, -0.2) is 0 Å². The Bertz CT molecular complexity index is 467. The zero-order valence-corrected chi connectivity index (χ0v) is 12.4. The molecule has 5 heteroatoms. The van der Waals surface area contributed by atoms with Crippen molar-refractivity contribution in [3.05, 3.63) is 28.2 Å². The molecule has 1 aromatic carbocycles. The summed E-state index contributed by atoms with van der Waals surface area (Å²) in [6, 6.07) is 7.70. The molecule has 1 aromatic rings. The van der Waals surface area contributed by atoms with Crippen LogP contribution in [0.4, 0.5) is 5.69 Å². The highest BCUT2D eigenvalue weighted by atomic mass is 79.9. The first kappa shape index (κ1) is 13.7. The van der Waals surface area contributed by atoms with E-state index in [1.807, 2.05) is 23.9 Å². The van der Waals surface area contributed by atoms with Gasteiger partial charge in [-0.05, 0) is 42.5 Å². The van der Waals surface area contributed by atoms with Crippen LogP contribution >= 0.6 is 27.7 Å². The predicted molar refractivity (Wildman–Crippen MR) is 78.9 cm³/mol. The summed E-state index contributed by atoms with van der Waals surface area (Å²) >= 11 is 5.23. The number of nitriles is 1. The lowest BCUT2D eigenvalue weighted by atomic mass is 9.96. The van der Waals surface area contributed by atoms with Gasteiger partial charge in [0, 0.05) is 11.0 Å². The molecule has 18 heavy (non-hydrogen) atoms. The largest absolute Gasteiger partial charge is 0.388 e. The fraction of sp³-hybridized carbons (Fsp3) is 0.462. The molecule has 1 aliphatic heterocycles. The molecule has 96 valence electrons. The highest BCUT2D eigenvalue weighted by Crippen LogP contribution is 2.28. The van der Waals surface area contributed by atoms with Crippen molar-refractivity contribution in [1.29, 1.82) is 5.26 Å². The van der Waals surface area contributed by atoms with E-state index in [4.69, 9.17) is 5.26 Å². The fourth-order valence-corrected chi connectivity index (χ4v) is 3.56. The molecule has 0 saturated carbocycles. The van der Waals surface area contributed by atoms with E-state index in [0.29, 0.717) is 12.1 Å². The molecule has 2 N–H and O–H groups in total. The summed E-state index contributed by atoms with van der Waals surface area (Å²) in [5.41, 5.74) is 0.746. The topological polar surface area (TPSA) is 56.0 Å². The monoisotopic (exact) mass is 326 g/mol. The number of aliphatic hydroxyl groups is 1. The SMILES string of the molecule is N#Cc1cc(Br)ccc1NCC1(O)CCSCC1. The van der Waals surface area contributed by atoms with Crippen LogP contribution in [0.3, 0.4) is 0 Å². The van der Waals surface area contributed by atoms with E-state index in [1.165, 1.54) is 0 Å². The third-order valence-electron chi connectivity index (χ3n) is 3.13. The Morgan fingerprint density at radius 1 is 1.44 bits per heavy atom. The summed E-state index contributed by atoms with van der Waals surface area (Å²) in [6.45, 7) is 0.504. The molecule has 3 nitrogen and oxygen atoms in total. The van der Waals surface area contributed by atoms with Crippen LogP contribution in [0.15, 0.2) is 22.7 Å². The van der Waals surface area contributed by atoms with E-state index in [-0.39, 0.29) is 0 Å². The van der Waals surface area contributed by atoms with Crippen molar-refractivity contribution in [1.82, 2.24) is 0 Å². The number of thioether (sulfide) groups is 1. The summed E-state index contributed by atoms with van der Waals surface area (Å²) in [6.07, 6.45) is 1.62. The maximum Gasteiger partial charge on any atom is 0.101 e. The minimum Gasteiger partial charge on any atom is -0.388 e. The highest BCUT2D eigenvalue weighted by Gasteiger charge is 2.29. The van der Waals surface area contributed by atoms with Crippen molar-refractivity contribution < 1.29 is 5.11 Å². The Morgan fingerprint density at radius 3 is 2.83 bits per heavy atom. The van der Waals surface area contributed by atoms with Crippen LogP contribution in [0.25, 0.3) is 0 Å². The molecule has 1 aliphatic rings. The minimum atomic E-state index is -0.634. The quantitative estimate of drug-likeness (QED) is 0.896. The normalized spacial score (nSPS) is 18.1. The molecule has 0 radical (unpaired) electrons. The Labute approximate surface area is 120 Å². The van der Waals surface area contributed by atoms with Gasteiger partial charge in [-0.1, -0.05) is 15.9 Å². The molecule has 0 spiro atoms. The first-order chi connectivity index (χ1) is 8.63. The summed E-state index contributed by atoms with van der Waals surface area (Å²) < 4.78 is 0.886. The molecular formula is C13H15BrN2OS. The Hall–Kier alpha value is -0.700. The number of hydrogen-bond acceptors (Lipinski definition) is 4. The fourth-order valence-electron chi connectivity index (χ4n) is 1.95. The van der Waals surface area contributed by atoms with Crippen LogP contribution in [-0.2, 0) is 0 Å². The molecule has 0 aromatic heterocycles. The lowest BCUT2D eigenvalue weighted by molar-refractivity contribution is 0.0454. The van der Waals surface area contributed by atoms with Crippen LogP contribution in [0.5, 0.6) is 0 Å². The van der Waals surface area contributed by atoms with Gasteiger partial charge in [0.15, 0.2) is 0 Å². The first-order valence-electron chi connectivity index (χ1n) is 5.87. The molecule has 0 amide bonds. The number of hydrogen-bond donors (Lipinski definition) is 2. The first-order valence-corrected chi connectivity index (χ1v) is 7.81. The van der Waals surface area contributed by atoms with Crippen molar-refractivity contribution in [2.45, 2.75) is 18.4 Å². The molecule has 2 rings (SSSR count). The third-order valence-corrected chi connectivity index (χ3v) is 4.61. The number of halogens is 1. The van der Waals surface area contributed by atoms with Gasteiger partial charge in [-0.3, -0.25) is 0 Å². The van der Waals surface area contributed by atoms with Crippen molar-refractivity contribution in [2.75, 3.05) is 23.4 Å². The highest BCUT2D eigenvalue weighted by molar-refractivity contribution is 9.10. The zero-order chi connectivity index (χ0) is 13.0. The van der Waals surface area contributed by atoms with Crippen molar-refractivity contribution in [3.63, 3.8) is 0 Å². The van der Waals surface area contributed by atoms with Crippen LogP contribution < -0.4 is 5.32 Å². The number of anilines is 1. The second kappa shape index (κ2) is 5.96. The van der Waals surface area contributed by atoms with Gasteiger partial charge in [0.1, 0.15) is 6.07 Å². The van der Waals surface area contributed by atoms with Gasteiger partial charge in [-0.15, -0.1) is 0 Å². The van der Waals surface area contributed by atoms with Gasteiger partial charge < -0.3 is 10.4 Å². The molecule has 0 unspecified atom stereocenters. The standard InChI is InChI=1S/C13H15BrN2OS/c14-11-1-2-12(10(7-11)8-15)16-9-13(17)3-5-18-6-4-13/h1-2,7,16-17H,3-6,9H2. The molecule has 0 bridgehead atoms. The van der Waals surface area contributed by atoms with Crippen molar-refractivity contribution in [2.24, 2.45) is 0 Å². The van der Waals surface area contributed by atoms with Gasteiger partial charge in [-0.2, -0.15) is 17.0 Å². The van der Waals surface area contributed by atoms with Gasteiger partial charge in [0.05, 0.1) is 16.9 Å². The van der Waals surface area contributed by atoms with Gasteiger partial charge in [0.25, 0.3) is 0 Å². The van der Waals surface area contributed by atoms with E-state index in [0.717, 1.165) is 34.5 Å². The molecule has 1 fully saturated rings. The maximum atomic E-state index is 10.4. The van der Waals surface area contributed by atoms with Gasteiger partial charge >= 0.3 is 0 Å². The lowest BCUT2D eigenvalue weighted by Gasteiger charge is -2.32. The van der Waals surface area contributed by atoms with Crippen molar-refractivity contribution in [3.8, 4) is 6.07 Å². The number of benzene rings is 1. The molecular weight excluding hydrogens is 312 g/mol. The average Bonchev–Trinajstić information content (AvgIpc) is 2.38.